The molecule has 2 aromatic carbocycles. The molecule has 0 amide bonds. The molecule has 0 fully saturated rings. The second-order valence-corrected chi connectivity index (χ2v) is 7.56. The molecule has 5 rings (SSSR count). The third-order valence-electron chi connectivity index (χ3n) is 5.73. The van der Waals surface area contributed by atoms with Crippen molar-refractivity contribution in [2.45, 2.75) is 31.7 Å². The van der Waals surface area contributed by atoms with Gasteiger partial charge >= 0.3 is 0 Å². The highest BCUT2D eigenvalue weighted by Gasteiger charge is 2.39. The van der Waals surface area contributed by atoms with Crippen LogP contribution in [0.4, 0.5) is 5.95 Å². The van der Waals surface area contributed by atoms with Gasteiger partial charge in [-0.15, -0.1) is 0 Å². The van der Waals surface area contributed by atoms with Crippen molar-refractivity contribution in [2.24, 2.45) is 0 Å². The molecule has 0 radical (unpaired) electrons. The molecule has 1 aliphatic heterocycles. The van der Waals surface area contributed by atoms with Gasteiger partial charge in [-0.2, -0.15) is 10.1 Å². The number of Topliss-reactive ketones (excluding diaryl/α,β-unsaturated/α-hetero) is 1. The number of nitrogens with one attached hydrogen (secondary N) is 1. The number of nitrogens with zero attached hydrogens (tertiary/aromatic N) is 3. The number of fused-ring (bicyclic) bond motifs is 1. The number of carbonyl (C=O) groups excluding carboxylic acids is 1. The molecule has 0 spiro atoms. The van der Waals surface area contributed by atoms with Gasteiger partial charge < -0.3 is 10.1 Å². The van der Waals surface area contributed by atoms with Crippen LogP contribution in [0.2, 0.25) is 0 Å². The molecule has 6 heteroatoms. The van der Waals surface area contributed by atoms with E-state index in [9.17, 15) is 4.79 Å². The van der Waals surface area contributed by atoms with Crippen LogP contribution in [-0.2, 0) is 4.79 Å². The normalized spacial score (nSPS) is 20.7. The minimum Gasteiger partial charge on any atom is -0.497 e. The number of allylic oxidation sites excluding steroid dienone is 2. The monoisotopic (exact) mass is 386 g/mol. The third-order valence-corrected chi connectivity index (χ3v) is 5.73. The summed E-state index contributed by atoms with van der Waals surface area (Å²) in [5, 5.41) is 7.98. The molecule has 29 heavy (non-hydrogen) atoms. The Labute approximate surface area is 169 Å². The van der Waals surface area contributed by atoms with E-state index < -0.39 is 0 Å². The standard InChI is InChI=1S/C23H22N4O2/c1-14-24-23-25-19-12-17(15-6-4-3-5-7-15)13-20(28)21(19)22(27(23)26-14)16-8-10-18(29-2)11-9-16/h3-11,17,22H,12-13H2,1-2H3,(H,24,25,26)/t17-,22+/m0/s1. The Balaban J connectivity index is 1.60. The van der Waals surface area contributed by atoms with Crippen LogP contribution in [0.25, 0.3) is 0 Å². The maximum atomic E-state index is 13.4. The zero-order chi connectivity index (χ0) is 20.0. The number of methoxy groups -OCH3 is 1. The van der Waals surface area contributed by atoms with Crippen molar-refractivity contribution in [1.82, 2.24) is 14.8 Å². The summed E-state index contributed by atoms with van der Waals surface area (Å²) in [6.45, 7) is 1.87. The molecular formula is C23H22N4O2. The lowest BCUT2D eigenvalue weighted by atomic mass is 9.78. The van der Waals surface area contributed by atoms with Gasteiger partial charge in [-0.25, -0.2) is 4.68 Å². The Morgan fingerprint density at radius 1 is 1.03 bits per heavy atom. The average Bonchev–Trinajstić information content (AvgIpc) is 3.12. The van der Waals surface area contributed by atoms with Gasteiger partial charge in [0.2, 0.25) is 5.95 Å². The maximum absolute atomic E-state index is 13.4. The molecule has 1 aromatic heterocycles. The van der Waals surface area contributed by atoms with Crippen molar-refractivity contribution >= 4 is 11.7 Å². The molecule has 0 bridgehead atoms. The van der Waals surface area contributed by atoms with E-state index in [1.807, 2.05) is 54.1 Å². The summed E-state index contributed by atoms with van der Waals surface area (Å²) in [4.78, 5) is 17.9. The lowest BCUT2D eigenvalue weighted by Gasteiger charge is -2.35. The molecule has 0 saturated carbocycles. The lowest BCUT2D eigenvalue weighted by molar-refractivity contribution is -0.116. The topological polar surface area (TPSA) is 69.0 Å². The van der Waals surface area contributed by atoms with Crippen LogP contribution < -0.4 is 10.1 Å². The number of ketones is 1. The number of carbonyl (C=O) groups is 1. The van der Waals surface area contributed by atoms with E-state index in [4.69, 9.17) is 4.74 Å². The molecule has 1 N–H and O–H groups in total. The van der Waals surface area contributed by atoms with E-state index in [0.29, 0.717) is 18.2 Å². The first kappa shape index (κ1) is 17.7. The van der Waals surface area contributed by atoms with Crippen molar-refractivity contribution in [3.8, 4) is 5.75 Å². The number of anilines is 1. The SMILES string of the molecule is COc1ccc([C@@H]2C3=C(C[C@H](c4ccccc4)CC3=O)Nc3nc(C)nn32)cc1. The van der Waals surface area contributed by atoms with Gasteiger partial charge in [0.25, 0.3) is 0 Å². The van der Waals surface area contributed by atoms with E-state index in [-0.39, 0.29) is 17.7 Å². The van der Waals surface area contributed by atoms with Crippen molar-refractivity contribution in [3.63, 3.8) is 0 Å². The first-order valence-corrected chi connectivity index (χ1v) is 9.79. The van der Waals surface area contributed by atoms with Crippen LogP contribution in [0.15, 0.2) is 65.9 Å². The highest BCUT2D eigenvalue weighted by Crippen LogP contribution is 2.44. The minimum absolute atomic E-state index is 0.159. The van der Waals surface area contributed by atoms with Crippen molar-refractivity contribution in [3.05, 3.63) is 82.8 Å². The molecule has 146 valence electrons. The van der Waals surface area contributed by atoms with Gasteiger partial charge in [0, 0.05) is 17.7 Å². The first-order chi connectivity index (χ1) is 14.1. The zero-order valence-corrected chi connectivity index (χ0v) is 16.4. The van der Waals surface area contributed by atoms with E-state index in [1.54, 1.807) is 7.11 Å². The smallest absolute Gasteiger partial charge is 0.226 e. The fourth-order valence-electron chi connectivity index (χ4n) is 4.37. The number of hydrogen-bond donors (Lipinski definition) is 1. The predicted octanol–water partition coefficient (Wildman–Crippen LogP) is 4.01. The highest BCUT2D eigenvalue weighted by molar-refractivity contribution is 6.00. The summed E-state index contributed by atoms with van der Waals surface area (Å²) in [6, 6.07) is 17.8. The van der Waals surface area contributed by atoms with E-state index >= 15 is 0 Å². The molecule has 2 atom stereocenters. The molecule has 3 aromatic rings. The Hall–Kier alpha value is -3.41. The number of benzene rings is 2. The summed E-state index contributed by atoms with van der Waals surface area (Å²) in [6.07, 6.45) is 1.28. The minimum atomic E-state index is -0.280. The summed E-state index contributed by atoms with van der Waals surface area (Å²) in [5.41, 5.74) is 3.94. The second-order valence-electron chi connectivity index (χ2n) is 7.56. The van der Waals surface area contributed by atoms with Crippen molar-refractivity contribution in [1.29, 1.82) is 0 Å². The third kappa shape index (κ3) is 3.01. The van der Waals surface area contributed by atoms with Crippen LogP contribution in [0, 0.1) is 6.92 Å². The van der Waals surface area contributed by atoms with Crippen LogP contribution >= 0.6 is 0 Å². The predicted molar refractivity (Wildman–Crippen MR) is 110 cm³/mol. The van der Waals surface area contributed by atoms with Gasteiger partial charge in [0.05, 0.1) is 7.11 Å². The van der Waals surface area contributed by atoms with Gasteiger partial charge in [0.15, 0.2) is 5.78 Å². The Morgan fingerprint density at radius 3 is 2.52 bits per heavy atom. The summed E-state index contributed by atoms with van der Waals surface area (Å²) in [5.74, 6) is 2.47. The average molecular weight is 386 g/mol. The van der Waals surface area contributed by atoms with Crippen LogP contribution in [0.1, 0.15) is 41.8 Å². The van der Waals surface area contributed by atoms with E-state index in [0.717, 1.165) is 29.0 Å². The summed E-state index contributed by atoms with van der Waals surface area (Å²) >= 11 is 0. The molecule has 1 aliphatic carbocycles. The van der Waals surface area contributed by atoms with E-state index in [2.05, 4.69) is 27.5 Å². The summed E-state index contributed by atoms with van der Waals surface area (Å²) < 4.78 is 7.12. The van der Waals surface area contributed by atoms with Crippen LogP contribution in [-0.4, -0.2) is 27.7 Å². The Bertz CT molecular complexity index is 1100. The molecule has 0 unspecified atom stereocenters. The fourth-order valence-corrected chi connectivity index (χ4v) is 4.37. The van der Waals surface area contributed by atoms with Gasteiger partial charge in [-0.1, -0.05) is 42.5 Å². The zero-order valence-electron chi connectivity index (χ0n) is 16.4. The quantitative estimate of drug-likeness (QED) is 0.737. The van der Waals surface area contributed by atoms with E-state index in [1.165, 1.54) is 5.56 Å². The van der Waals surface area contributed by atoms with Crippen LogP contribution in [0.3, 0.4) is 0 Å². The number of rotatable bonds is 3. The molecule has 2 heterocycles. The van der Waals surface area contributed by atoms with Crippen molar-refractivity contribution < 1.29 is 9.53 Å². The number of ether oxygens (including phenoxy) is 1. The molecule has 2 aliphatic rings. The van der Waals surface area contributed by atoms with Gasteiger partial charge in [-0.3, -0.25) is 4.79 Å². The Kier molecular flexibility index (Phi) is 4.19. The number of aryl methyl sites for hydroxylation is 1. The number of hydrogen-bond acceptors (Lipinski definition) is 5. The largest absolute Gasteiger partial charge is 0.497 e. The molecule has 0 saturated heterocycles. The molecular weight excluding hydrogens is 364 g/mol. The first-order valence-electron chi connectivity index (χ1n) is 9.79. The second kappa shape index (κ2) is 6.88. The molecule has 6 nitrogen and oxygen atoms in total. The highest BCUT2D eigenvalue weighted by atomic mass is 16.5. The maximum Gasteiger partial charge on any atom is 0.226 e. The fraction of sp³-hybridized carbons (Fsp3) is 0.261. The van der Waals surface area contributed by atoms with Gasteiger partial charge in [-0.05, 0) is 42.5 Å². The van der Waals surface area contributed by atoms with Crippen molar-refractivity contribution in [2.75, 3.05) is 12.4 Å². The lowest BCUT2D eigenvalue weighted by Crippen LogP contribution is -2.33. The van der Waals surface area contributed by atoms with Gasteiger partial charge in [0.1, 0.15) is 17.6 Å². The van der Waals surface area contributed by atoms with Crippen LogP contribution in [0.5, 0.6) is 5.75 Å². The Morgan fingerprint density at radius 2 is 1.79 bits per heavy atom. The number of aromatic nitrogens is 3. The summed E-state index contributed by atoms with van der Waals surface area (Å²) in [7, 11) is 1.65.